The van der Waals surface area contributed by atoms with E-state index in [-0.39, 0.29) is 10.7 Å². The molecule has 0 unspecified atom stereocenters. The summed E-state index contributed by atoms with van der Waals surface area (Å²) in [7, 11) is 4.35. The fourth-order valence-electron chi connectivity index (χ4n) is 2.16. The van der Waals surface area contributed by atoms with Gasteiger partial charge in [-0.2, -0.15) is 0 Å². The number of carbonyl (C=O) groups excluding carboxylic acids is 1. The summed E-state index contributed by atoms with van der Waals surface area (Å²) < 4.78 is 15.6. The van der Waals surface area contributed by atoms with Crippen LogP contribution in [-0.4, -0.2) is 43.6 Å². The minimum Gasteiger partial charge on any atom is -0.493 e. The summed E-state index contributed by atoms with van der Waals surface area (Å²) in [6.45, 7) is 0. The maximum atomic E-state index is 12.3. The molecular weight excluding hydrogens is 342 g/mol. The van der Waals surface area contributed by atoms with E-state index in [9.17, 15) is 14.9 Å². The zero-order valence-corrected chi connectivity index (χ0v) is 14.4. The van der Waals surface area contributed by atoms with Gasteiger partial charge in [0.25, 0.3) is 0 Å². The molecule has 136 valence electrons. The molecule has 0 saturated carbocycles. The van der Waals surface area contributed by atoms with Crippen LogP contribution in [0.15, 0.2) is 47.6 Å². The Morgan fingerprint density at radius 1 is 1.08 bits per heavy atom. The van der Waals surface area contributed by atoms with E-state index in [0.717, 1.165) is 6.21 Å². The first kappa shape index (κ1) is 18.7. The summed E-state index contributed by atoms with van der Waals surface area (Å²) in [5, 5.41) is 14.2. The lowest BCUT2D eigenvalue weighted by Crippen LogP contribution is -2.31. The van der Waals surface area contributed by atoms with E-state index in [1.54, 1.807) is 30.3 Å². The van der Waals surface area contributed by atoms with Gasteiger partial charge in [-0.05, 0) is 24.3 Å². The molecule has 0 atom stereocenters. The Hall–Kier alpha value is -3.62. The van der Waals surface area contributed by atoms with Crippen LogP contribution in [0, 0.1) is 10.1 Å². The number of carbonyl (C=O) groups is 1. The van der Waals surface area contributed by atoms with E-state index in [4.69, 9.17) is 14.2 Å². The van der Waals surface area contributed by atoms with Crippen LogP contribution in [-0.2, 0) is 0 Å². The molecule has 1 amide bonds. The SMILES string of the molecule is COc1cc(C=NN(C(=O)c2ccccc2)[N+](=O)[O-])cc(OC)c1OC. The highest BCUT2D eigenvalue weighted by molar-refractivity contribution is 5.94. The summed E-state index contributed by atoms with van der Waals surface area (Å²) in [6.07, 6.45) is 1.16. The molecule has 9 heteroatoms. The number of rotatable bonds is 7. The standard InChI is InChI=1S/C17H17N3O6/c1-24-14-9-12(10-15(25-2)16(14)26-3)11-18-19(20(22)23)17(21)13-7-5-4-6-8-13/h4-11H,1-3H3. The summed E-state index contributed by atoms with van der Waals surface area (Å²) >= 11 is 0. The quantitative estimate of drug-likeness (QED) is 0.427. The Morgan fingerprint density at radius 2 is 1.65 bits per heavy atom. The topological polar surface area (TPSA) is 104 Å². The van der Waals surface area contributed by atoms with Crippen molar-refractivity contribution in [2.75, 3.05) is 21.3 Å². The first-order valence-electron chi connectivity index (χ1n) is 7.39. The first-order chi connectivity index (χ1) is 12.5. The van der Waals surface area contributed by atoms with Gasteiger partial charge in [-0.3, -0.25) is 4.79 Å². The van der Waals surface area contributed by atoms with Crippen molar-refractivity contribution in [1.82, 2.24) is 5.12 Å². The Labute approximate surface area is 149 Å². The van der Waals surface area contributed by atoms with Gasteiger partial charge in [0.05, 0.1) is 31.5 Å². The average molecular weight is 359 g/mol. The Balaban J connectivity index is 2.36. The van der Waals surface area contributed by atoms with Crippen LogP contribution in [0.3, 0.4) is 0 Å². The molecule has 26 heavy (non-hydrogen) atoms. The second-order valence-corrected chi connectivity index (χ2v) is 4.90. The molecule has 2 aromatic carbocycles. The number of nitrogens with zero attached hydrogens (tertiary/aromatic N) is 3. The fourth-order valence-corrected chi connectivity index (χ4v) is 2.16. The van der Waals surface area contributed by atoms with Crippen LogP contribution in [0.5, 0.6) is 17.2 Å². The van der Waals surface area contributed by atoms with Crippen molar-refractivity contribution in [3.05, 3.63) is 63.7 Å². The molecule has 9 nitrogen and oxygen atoms in total. The molecule has 0 heterocycles. The summed E-state index contributed by atoms with van der Waals surface area (Å²) in [6, 6.07) is 10.9. The monoisotopic (exact) mass is 359 g/mol. The van der Waals surface area contributed by atoms with Gasteiger partial charge in [-0.25, -0.2) is 0 Å². The van der Waals surface area contributed by atoms with Crippen LogP contribution in [0.1, 0.15) is 15.9 Å². The number of nitro groups is 1. The van der Waals surface area contributed by atoms with E-state index >= 15 is 0 Å². The summed E-state index contributed by atoms with van der Waals surface area (Å²) in [5.41, 5.74) is 0.568. The van der Waals surface area contributed by atoms with Crippen molar-refractivity contribution in [2.45, 2.75) is 0 Å². The van der Waals surface area contributed by atoms with Crippen molar-refractivity contribution >= 4 is 12.1 Å². The minimum atomic E-state index is -0.899. The second kappa shape index (κ2) is 8.47. The van der Waals surface area contributed by atoms with Crippen molar-refractivity contribution < 1.29 is 24.0 Å². The Kier molecular flexibility index (Phi) is 6.10. The fraction of sp³-hybridized carbons (Fsp3) is 0.176. The normalized spacial score (nSPS) is 10.4. The van der Waals surface area contributed by atoms with Gasteiger partial charge in [0.1, 0.15) is 0 Å². The van der Waals surface area contributed by atoms with Crippen LogP contribution < -0.4 is 14.2 Å². The molecule has 0 aliphatic rings. The number of hydrogen-bond donors (Lipinski definition) is 0. The Morgan fingerprint density at radius 3 is 2.12 bits per heavy atom. The number of hydrazine groups is 1. The van der Waals surface area contributed by atoms with Crippen LogP contribution in [0.2, 0.25) is 0 Å². The van der Waals surface area contributed by atoms with Gasteiger partial charge in [-0.15, -0.1) is 0 Å². The van der Waals surface area contributed by atoms with Crippen molar-refractivity contribution in [3.63, 3.8) is 0 Å². The second-order valence-electron chi connectivity index (χ2n) is 4.90. The number of ether oxygens (including phenoxy) is 3. The van der Waals surface area contributed by atoms with Crippen molar-refractivity contribution in [1.29, 1.82) is 0 Å². The van der Waals surface area contributed by atoms with E-state index in [1.165, 1.54) is 33.5 Å². The highest BCUT2D eigenvalue weighted by Crippen LogP contribution is 2.37. The molecule has 0 radical (unpaired) electrons. The number of amides is 1. The number of hydrazone groups is 1. The molecule has 0 N–H and O–H groups in total. The van der Waals surface area contributed by atoms with Crippen molar-refractivity contribution in [3.8, 4) is 17.2 Å². The van der Waals surface area contributed by atoms with E-state index in [1.807, 2.05) is 0 Å². The highest BCUT2D eigenvalue weighted by Gasteiger charge is 2.25. The molecule has 0 fully saturated rings. The molecular formula is C17H17N3O6. The number of methoxy groups -OCH3 is 3. The molecule has 0 aliphatic heterocycles. The smallest absolute Gasteiger partial charge is 0.340 e. The molecule has 0 spiro atoms. The molecule has 2 aromatic rings. The van der Waals surface area contributed by atoms with Gasteiger partial charge in [0, 0.05) is 16.2 Å². The predicted octanol–water partition coefficient (Wildman–Crippen LogP) is 2.38. The third-order valence-electron chi connectivity index (χ3n) is 3.36. The summed E-state index contributed by atoms with van der Waals surface area (Å²) in [4.78, 5) is 23.5. The molecule has 2 rings (SSSR count). The van der Waals surface area contributed by atoms with Gasteiger partial charge in [0.2, 0.25) is 5.75 Å². The third kappa shape index (κ3) is 4.07. The van der Waals surface area contributed by atoms with Crippen LogP contribution >= 0.6 is 0 Å². The average Bonchev–Trinajstić information content (AvgIpc) is 2.67. The number of benzene rings is 2. The van der Waals surface area contributed by atoms with Crippen LogP contribution in [0.25, 0.3) is 0 Å². The van der Waals surface area contributed by atoms with E-state index in [0.29, 0.717) is 22.8 Å². The van der Waals surface area contributed by atoms with Crippen LogP contribution in [0.4, 0.5) is 0 Å². The zero-order valence-electron chi connectivity index (χ0n) is 14.4. The molecule has 0 saturated heterocycles. The lowest BCUT2D eigenvalue weighted by molar-refractivity contribution is -0.633. The molecule has 0 aromatic heterocycles. The minimum absolute atomic E-state index is 0.145. The van der Waals surface area contributed by atoms with Crippen molar-refractivity contribution in [2.24, 2.45) is 5.10 Å². The molecule has 0 aliphatic carbocycles. The summed E-state index contributed by atoms with van der Waals surface area (Å²) in [5.74, 6) is 0.226. The van der Waals surface area contributed by atoms with Gasteiger partial charge < -0.3 is 24.3 Å². The van der Waals surface area contributed by atoms with E-state index in [2.05, 4.69) is 5.10 Å². The maximum Gasteiger partial charge on any atom is 0.340 e. The Bertz CT molecular complexity index is 797. The lowest BCUT2D eigenvalue weighted by atomic mass is 10.2. The predicted molar refractivity (Wildman–Crippen MR) is 93.3 cm³/mol. The lowest BCUT2D eigenvalue weighted by Gasteiger charge is -2.12. The zero-order chi connectivity index (χ0) is 19.1. The van der Waals surface area contributed by atoms with E-state index < -0.39 is 10.9 Å². The van der Waals surface area contributed by atoms with Gasteiger partial charge in [-0.1, -0.05) is 18.2 Å². The van der Waals surface area contributed by atoms with Gasteiger partial charge in [0.15, 0.2) is 17.7 Å². The highest BCUT2D eigenvalue weighted by atomic mass is 16.7. The maximum absolute atomic E-state index is 12.3. The van der Waals surface area contributed by atoms with Gasteiger partial charge >= 0.3 is 5.91 Å². The molecule has 0 bridgehead atoms. The third-order valence-corrected chi connectivity index (χ3v) is 3.36. The largest absolute Gasteiger partial charge is 0.493 e. The number of hydrogen-bond acceptors (Lipinski definition) is 7. The first-order valence-corrected chi connectivity index (χ1v) is 7.39.